The Labute approximate surface area is 227 Å². The Bertz CT molecular complexity index is 1800. The fraction of sp³-hybridized carbons (Fsp3) is 0. The van der Waals surface area contributed by atoms with Crippen LogP contribution >= 0.6 is 0 Å². The van der Waals surface area contributed by atoms with Gasteiger partial charge in [0.25, 0.3) is 0 Å². The van der Waals surface area contributed by atoms with Gasteiger partial charge in [0.05, 0.1) is 0 Å². The number of benzene rings is 6. The van der Waals surface area contributed by atoms with Gasteiger partial charge >= 0.3 is 0 Å². The molecule has 7 rings (SSSR count). The first kappa shape index (κ1) is 22.9. The second kappa shape index (κ2) is 9.92. The molecule has 7 aromatic rings. The van der Waals surface area contributed by atoms with Crippen molar-refractivity contribution >= 4 is 21.5 Å². The Morgan fingerprint density at radius 3 is 1.56 bits per heavy atom. The first-order valence-corrected chi connectivity index (χ1v) is 13.1. The lowest BCUT2D eigenvalue weighted by Crippen LogP contribution is -1.93. The number of hydrogen-bond acceptors (Lipinski definition) is 2. The van der Waals surface area contributed by atoms with Crippen LogP contribution in [-0.2, 0) is 0 Å². The number of nitrogens with zero attached hydrogens (tertiary/aromatic N) is 1. The van der Waals surface area contributed by atoms with E-state index in [9.17, 15) is 0 Å². The van der Waals surface area contributed by atoms with E-state index in [-0.39, 0.29) is 0 Å². The molecule has 2 nitrogen and oxygen atoms in total. The van der Waals surface area contributed by atoms with Crippen LogP contribution in [0.2, 0.25) is 0 Å². The largest absolute Gasteiger partial charge is 0.456 e. The Balaban J connectivity index is 1.54. The summed E-state index contributed by atoms with van der Waals surface area (Å²) in [5.74, 6) is 1.66. The highest BCUT2D eigenvalue weighted by Gasteiger charge is 2.18. The summed E-state index contributed by atoms with van der Waals surface area (Å²) in [6.07, 6.45) is 3.81. The van der Waals surface area contributed by atoms with E-state index in [2.05, 4.69) is 114 Å². The van der Waals surface area contributed by atoms with Gasteiger partial charge in [-0.1, -0.05) is 103 Å². The summed E-state index contributed by atoms with van der Waals surface area (Å²) in [5, 5.41) is 4.30. The molecule has 184 valence electrons. The maximum atomic E-state index is 6.55. The van der Waals surface area contributed by atoms with Gasteiger partial charge in [-0.3, -0.25) is 4.98 Å². The average molecular weight is 500 g/mol. The molecular weight excluding hydrogens is 474 g/mol. The third kappa shape index (κ3) is 4.32. The number of fused-ring (bicyclic) bond motifs is 2. The predicted molar refractivity (Wildman–Crippen MR) is 162 cm³/mol. The zero-order valence-electron chi connectivity index (χ0n) is 21.3. The Hall–Kier alpha value is -5.21. The fourth-order valence-corrected chi connectivity index (χ4v) is 5.37. The second-order valence-corrected chi connectivity index (χ2v) is 9.62. The van der Waals surface area contributed by atoms with Crippen molar-refractivity contribution in [2.24, 2.45) is 0 Å². The van der Waals surface area contributed by atoms with Crippen LogP contribution in [0.3, 0.4) is 0 Å². The van der Waals surface area contributed by atoms with E-state index in [0.717, 1.165) is 44.2 Å². The molecule has 1 heterocycles. The van der Waals surface area contributed by atoms with Crippen LogP contribution in [0, 0.1) is 0 Å². The van der Waals surface area contributed by atoms with Gasteiger partial charge in [-0.15, -0.1) is 0 Å². The first-order valence-electron chi connectivity index (χ1n) is 13.1. The monoisotopic (exact) mass is 499 g/mol. The molecular formula is C37H25NO. The first-order chi connectivity index (χ1) is 19.3. The molecule has 0 aliphatic carbocycles. The molecule has 0 atom stereocenters. The van der Waals surface area contributed by atoms with E-state index >= 15 is 0 Å². The zero-order chi connectivity index (χ0) is 26.0. The molecule has 0 aliphatic rings. The number of hydrogen-bond donors (Lipinski definition) is 0. The quantitative estimate of drug-likeness (QED) is 0.220. The van der Waals surface area contributed by atoms with Gasteiger partial charge in [0, 0.05) is 28.6 Å². The second-order valence-electron chi connectivity index (χ2n) is 9.62. The maximum Gasteiger partial charge on any atom is 0.143 e. The summed E-state index contributed by atoms with van der Waals surface area (Å²) < 4.78 is 6.55. The molecule has 0 aliphatic heterocycles. The minimum atomic E-state index is 0.811. The highest BCUT2D eigenvalue weighted by atomic mass is 16.5. The van der Waals surface area contributed by atoms with E-state index in [1.54, 1.807) is 0 Å². The van der Waals surface area contributed by atoms with Crippen LogP contribution in [0.25, 0.3) is 54.9 Å². The Morgan fingerprint density at radius 2 is 0.923 bits per heavy atom. The number of rotatable bonds is 5. The van der Waals surface area contributed by atoms with Crippen molar-refractivity contribution in [3.05, 3.63) is 152 Å². The molecule has 0 radical (unpaired) electrons. The van der Waals surface area contributed by atoms with Gasteiger partial charge in [0.1, 0.15) is 11.5 Å². The summed E-state index contributed by atoms with van der Waals surface area (Å²) in [6, 6.07) is 48.6. The summed E-state index contributed by atoms with van der Waals surface area (Å²) >= 11 is 0. The van der Waals surface area contributed by atoms with Crippen LogP contribution in [0.15, 0.2) is 152 Å². The van der Waals surface area contributed by atoms with Crippen LogP contribution < -0.4 is 4.74 Å². The normalized spacial score (nSPS) is 11.1. The minimum Gasteiger partial charge on any atom is -0.456 e. The molecule has 0 amide bonds. The summed E-state index contributed by atoms with van der Waals surface area (Å²) in [7, 11) is 0. The van der Waals surface area contributed by atoms with Crippen LogP contribution in [0.5, 0.6) is 11.5 Å². The van der Waals surface area contributed by atoms with Gasteiger partial charge in [-0.25, -0.2) is 0 Å². The average Bonchev–Trinajstić information content (AvgIpc) is 3.02. The lowest BCUT2D eigenvalue weighted by Gasteiger charge is -2.18. The van der Waals surface area contributed by atoms with Crippen molar-refractivity contribution in [2.75, 3.05) is 0 Å². The fourth-order valence-electron chi connectivity index (χ4n) is 5.37. The van der Waals surface area contributed by atoms with Gasteiger partial charge in [-0.2, -0.15) is 0 Å². The van der Waals surface area contributed by atoms with Crippen LogP contribution in [0.4, 0.5) is 0 Å². The van der Waals surface area contributed by atoms with Gasteiger partial charge in [-0.05, 0) is 75.2 Å². The van der Waals surface area contributed by atoms with E-state index < -0.39 is 0 Å². The third-order valence-electron chi connectivity index (χ3n) is 7.18. The molecule has 0 saturated heterocycles. The third-order valence-corrected chi connectivity index (χ3v) is 7.18. The van der Waals surface area contributed by atoms with Crippen molar-refractivity contribution in [2.45, 2.75) is 0 Å². The molecule has 0 bridgehead atoms. The van der Waals surface area contributed by atoms with E-state index in [1.165, 1.54) is 22.3 Å². The van der Waals surface area contributed by atoms with Crippen molar-refractivity contribution < 1.29 is 4.74 Å². The van der Waals surface area contributed by atoms with Crippen molar-refractivity contribution in [3.8, 4) is 44.9 Å². The van der Waals surface area contributed by atoms with Gasteiger partial charge < -0.3 is 4.74 Å². The summed E-state index contributed by atoms with van der Waals surface area (Å²) in [5.41, 5.74) is 7.04. The van der Waals surface area contributed by atoms with Crippen molar-refractivity contribution in [3.63, 3.8) is 0 Å². The van der Waals surface area contributed by atoms with E-state index in [0.29, 0.717) is 0 Å². The van der Waals surface area contributed by atoms with Crippen LogP contribution in [0.1, 0.15) is 0 Å². The Morgan fingerprint density at radius 1 is 0.410 bits per heavy atom. The van der Waals surface area contributed by atoms with Crippen molar-refractivity contribution in [1.29, 1.82) is 0 Å². The highest BCUT2D eigenvalue weighted by molar-refractivity contribution is 6.17. The molecule has 6 aromatic carbocycles. The summed E-state index contributed by atoms with van der Waals surface area (Å²) in [6.45, 7) is 0. The molecule has 0 unspecified atom stereocenters. The lowest BCUT2D eigenvalue weighted by molar-refractivity contribution is 0.494. The molecule has 0 N–H and O–H groups in total. The smallest absolute Gasteiger partial charge is 0.143 e. The SMILES string of the molecule is c1ccc(Oc2c3ccccc3c(-c3cc(-c4ccccc4)cc(-c4ccccc4)c3)c3cnccc23)cc1. The zero-order valence-corrected chi connectivity index (χ0v) is 21.3. The van der Waals surface area contributed by atoms with E-state index in [4.69, 9.17) is 4.74 Å². The van der Waals surface area contributed by atoms with E-state index in [1.807, 2.05) is 42.7 Å². The molecule has 0 spiro atoms. The minimum absolute atomic E-state index is 0.811. The topological polar surface area (TPSA) is 22.1 Å². The molecule has 0 saturated carbocycles. The molecule has 2 heteroatoms. The van der Waals surface area contributed by atoms with Gasteiger partial charge in [0.2, 0.25) is 0 Å². The van der Waals surface area contributed by atoms with Crippen molar-refractivity contribution in [1.82, 2.24) is 4.98 Å². The summed E-state index contributed by atoms with van der Waals surface area (Å²) in [4.78, 5) is 4.56. The number of ether oxygens (including phenoxy) is 1. The van der Waals surface area contributed by atoms with Gasteiger partial charge in [0.15, 0.2) is 0 Å². The number of aromatic nitrogens is 1. The number of para-hydroxylation sites is 1. The van der Waals surface area contributed by atoms with Crippen LogP contribution in [-0.4, -0.2) is 4.98 Å². The predicted octanol–water partition coefficient (Wildman–Crippen LogP) is 10.2. The molecule has 1 aromatic heterocycles. The highest BCUT2D eigenvalue weighted by Crippen LogP contribution is 2.45. The standard InChI is InChI=1S/C37H25NO/c1-4-12-26(13-5-1)28-22-29(27-14-6-2-7-15-27)24-30(23-28)36-32-18-10-11-19-33(32)37(34-20-21-38-25-35(34)36)39-31-16-8-3-9-17-31/h1-25H. The maximum absolute atomic E-state index is 6.55. The Kier molecular flexibility index (Phi) is 5.84. The number of pyridine rings is 1. The lowest BCUT2D eigenvalue weighted by atomic mass is 9.88. The molecule has 0 fully saturated rings. The molecule has 39 heavy (non-hydrogen) atoms.